The molecule has 1 amide bonds. The maximum absolute atomic E-state index is 12.3. The van der Waals surface area contributed by atoms with Gasteiger partial charge in [0.05, 0.1) is 24.5 Å². The van der Waals surface area contributed by atoms with Crippen LogP contribution in [0.2, 0.25) is 0 Å². The van der Waals surface area contributed by atoms with Gasteiger partial charge in [0, 0.05) is 11.8 Å². The van der Waals surface area contributed by atoms with Gasteiger partial charge in [-0.15, -0.1) is 0 Å². The Hall–Kier alpha value is -3.15. The van der Waals surface area contributed by atoms with Crippen LogP contribution in [0.5, 0.6) is 5.75 Å². The predicted octanol–water partition coefficient (Wildman–Crippen LogP) is 3.58. The molecule has 0 saturated heterocycles. The summed E-state index contributed by atoms with van der Waals surface area (Å²) in [6.45, 7) is 3.15. The van der Waals surface area contributed by atoms with Crippen LogP contribution in [0.25, 0.3) is 11.3 Å². The molecule has 0 bridgehead atoms. The number of carbonyl (C=O) groups excluding carboxylic acids is 1. The summed E-state index contributed by atoms with van der Waals surface area (Å²) in [5.74, 6) is 0.548. The number of nitrogens with zero attached hydrogens (tertiary/aromatic N) is 2. The fourth-order valence-electron chi connectivity index (χ4n) is 2.48. The van der Waals surface area contributed by atoms with Crippen molar-refractivity contribution in [2.75, 3.05) is 6.61 Å². The molecule has 0 aliphatic carbocycles. The fourth-order valence-corrected chi connectivity index (χ4v) is 2.48. The third kappa shape index (κ3) is 4.47. The molecule has 0 saturated carbocycles. The van der Waals surface area contributed by atoms with Crippen LogP contribution in [0, 0.1) is 0 Å². The van der Waals surface area contributed by atoms with Crippen molar-refractivity contribution in [1.29, 1.82) is 0 Å². The van der Waals surface area contributed by atoms with Crippen LogP contribution in [-0.4, -0.2) is 27.7 Å². The van der Waals surface area contributed by atoms with Gasteiger partial charge >= 0.3 is 0 Å². The lowest BCUT2D eigenvalue weighted by Gasteiger charge is -2.09. The first kappa shape index (κ1) is 17.7. The quantitative estimate of drug-likeness (QED) is 0.609. The molecule has 134 valence electrons. The number of H-pyrrole nitrogens is 1. The summed E-state index contributed by atoms with van der Waals surface area (Å²) in [5, 5.41) is 9.90. The molecule has 3 rings (SSSR count). The lowest BCUT2D eigenvalue weighted by Crippen LogP contribution is -2.23. The van der Waals surface area contributed by atoms with E-state index in [-0.39, 0.29) is 5.91 Å². The van der Waals surface area contributed by atoms with Crippen molar-refractivity contribution in [2.24, 2.45) is 0 Å². The van der Waals surface area contributed by atoms with E-state index in [1.54, 1.807) is 12.3 Å². The molecule has 2 heterocycles. The van der Waals surface area contributed by atoms with Crippen LogP contribution in [0.4, 0.5) is 0 Å². The van der Waals surface area contributed by atoms with E-state index in [1.807, 2.05) is 42.5 Å². The van der Waals surface area contributed by atoms with Gasteiger partial charge in [-0.2, -0.15) is 5.10 Å². The topological polar surface area (TPSA) is 79.9 Å². The second-order valence-electron chi connectivity index (χ2n) is 5.87. The molecule has 2 aromatic heterocycles. The molecule has 3 aromatic rings. The lowest BCUT2D eigenvalue weighted by atomic mass is 10.1. The van der Waals surface area contributed by atoms with Crippen LogP contribution in [0.1, 0.15) is 35.9 Å². The second kappa shape index (κ2) is 8.80. The minimum atomic E-state index is -0.223. The number of aromatic amines is 1. The Bertz CT molecular complexity index is 846. The zero-order valence-corrected chi connectivity index (χ0v) is 14.7. The molecule has 6 nitrogen and oxygen atoms in total. The average Bonchev–Trinajstić information content (AvgIpc) is 3.18. The van der Waals surface area contributed by atoms with Crippen LogP contribution in [-0.2, 0) is 6.54 Å². The number of benzene rings is 1. The molecule has 0 fully saturated rings. The number of carbonyl (C=O) groups is 1. The Morgan fingerprint density at radius 3 is 2.85 bits per heavy atom. The number of pyridine rings is 1. The van der Waals surface area contributed by atoms with Crippen molar-refractivity contribution in [3.8, 4) is 17.0 Å². The molecule has 1 aromatic carbocycles. The number of hydrogen-bond donors (Lipinski definition) is 2. The minimum Gasteiger partial charge on any atom is -0.493 e. The monoisotopic (exact) mass is 350 g/mol. The number of amides is 1. The van der Waals surface area contributed by atoms with Crippen LogP contribution in [0.3, 0.4) is 0 Å². The normalized spacial score (nSPS) is 10.5. The second-order valence-corrected chi connectivity index (χ2v) is 5.87. The summed E-state index contributed by atoms with van der Waals surface area (Å²) < 4.78 is 5.84. The first-order valence-electron chi connectivity index (χ1n) is 8.73. The van der Waals surface area contributed by atoms with Crippen molar-refractivity contribution < 1.29 is 9.53 Å². The van der Waals surface area contributed by atoms with Crippen molar-refractivity contribution in [3.63, 3.8) is 0 Å². The Morgan fingerprint density at radius 1 is 1.19 bits per heavy atom. The zero-order valence-electron chi connectivity index (χ0n) is 14.7. The van der Waals surface area contributed by atoms with E-state index in [1.165, 1.54) is 0 Å². The number of rotatable bonds is 8. The van der Waals surface area contributed by atoms with Crippen molar-refractivity contribution in [1.82, 2.24) is 20.5 Å². The maximum atomic E-state index is 12.3. The number of hydrogen-bond acceptors (Lipinski definition) is 4. The molecule has 0 atom stereocenters. The van der Waals surface area contributed by atoms with Gasteiger partial charge in [0.1, 0.15) is 11.4 Å². The van der Waals surface area contributed by atoms with E-state index in [9.17, 15) is 4.79 Å². The summed E-state index contributed by atoms with van der Waals surface area (Å²) in [4.78, 5) is 16.5. The first-order valence-corrected chi connectivity index (χ1v) is 8.73. The van der Waals surface area contributed by atoms with E-state index in [0.717, 1.165) is 29.8 Å². The highest BCUT2D eigenvalue weighted by atomic mass is 16.5. The molecular weight excluding hydrogens is 328 g/mol. The number of unbranched alkanes of at least 4 members (excludes halogenated alkanes) is 1. The van der Waals surface area contributed by atoms with Gasteiger partial charge in [-0.25, -0.2) is 0 Å². The number of para-hydroxylation sites is 1. The highest BCUT2D eigenvalue weighted by Crippen LogP contribution is 2.28. The Labute approximate surface area is 152 Å². The Morgan fingerprint density at radius 2 is 2.04 bits per heavy atom. The van der Waals surface area contributed by atoms with Crippen LogP contribution in [0.15, 0.2) is 54.7 Å². The highest BCUT2D eigenvalue weighted by Gasteiger charge is 2.14. The van der Waals surface area contributed by atoms with Crippen molar-refractivity contribution in [2.45, 2.75) is 26.3 Å². The number of aromatic nitrogens is 3. The molecule has 26 heavy (non-hydrogen) atoms. The summed E-state index contributed by atoms with van der Waals surface area (Å²) in [5.41, 5.74) is 2.75. The third-order valence-electron chi connectivity index (χ3n) is 3.90. The maximum Gasteiger partial charge on any atom is 0.269 e. The molecule has 6 heteroatoms. The summed E-state index contributed by atoms with van der Waals surface area (Å²) in [6.07, 6.45) is 3.77. The van der Waals surface area contributed by atoms with Crippen LogP contribution < -0.4 is 10.1 Å². The lowest BCUT2D eigenvalue weighted by molar-refractivity contribution is 0.0945. The van der Waals surface area contributed by atoms with Gasteiger partial charge in [-0.3, -0.25) is 14.9 Å². The van der Waals surface area contributed by atoms with Gasteiger partial charge in [-0.1, -0.05) is 31.5 Å². The van der Waals surface area contributed by atoms with Crippen molar-refractivity contribution >= 4 is 5.91 Å². The predicted molar refractivity (Wildman–Crippen MR) is 99.8 cm³/mol. The standard InChI is InChI=1S/C20H22N4O2/c1-2-3-12-26-19-10-5-4-9-16(19)17-13-18(24-23-17)20(25)22-14-15-8-6-7-11-21-15/h4-11,13H,2-3,12,14H2,1H3,(H,22,25)(H,23,24). The first-order chi connectivity index (χ1) is 12.8. The zero-order chi connectivity index (χ0) is 18.2. The molecule has 0 aliphatic rings. The summed E-state index contributed by atoms with van der Waals surface area (Å²) in [7, 11) is 0. The van der Waals surface area contributed by atoms with Crippen LogP contribution >= 0.6 is 0 Å². The van der Waals surface area contributed by atoms with Gasteiger partial charge in [0.25, 0.3) is 5.91 Å². The SMILES string of the molecule is CCCCOc1ccccc1-c1cc(C(=O)NCc2ccccn2)[nH]n1. The van der Waals surface area contributed by atoms with Gasteiger partial charge in [-0.05, 0) is 36.8 Å². The summed E-state index contributed by atoms with van der Waals surface area (Å²) in [6, 6.07) is 15.0. The molecule has 0 unspecified atom stereocenters. The van der Waals surface area contributed by atoms with E-state index >= 15 is 0 Å². The fraction of sp³-hybridized carbons (Fsp3) is 0.250. The molecule has 0 radical (unpaired) electrons. The smallest absolute Gasteiger partial charge is 0.269 e. The Balaban J connectivity index is 1.68. The number of ether oxygens (including phenoxy) is 1. The molecule has 0 spiro atoms. The van der Waals surface area contributed by atoms with Gasteiger partial charge in [0.2, 0.25) is 0 Å². The molecule has 0 aliphatic heterocycles. The summed E-state index contributed by atoms with van der Waals surface area (Å²) >= 11 is 0. The number of nitrogens with one attached hydrogen (secondary N) is 2. The molecule has 2 N–H and O–H groups in total. The van der Waals surface area contributed by atoms with Crippen molar-refractivity contribution in [3.05, 3.63) is 66.1 Å². The third-order valence-corrected chi connectivity index (χ3v) is 3.90. The highest BCUT2D eigenvalue weighted by molar-refractivity contribution is 5.93. The Kier molecular flexibility index (Phi) is 5.98. The average molecular weight is 350 g/mol. The van der Waals surface area contributed by atoms with E-state index in [4.69, 9.17) is 4.74 Å². The van der Waals surface area contributed by atoms with E-state index < -0.39 is 0 Å². The van der Waals surface area contributed by atoms with Gasteiger partial charge in [0.15, 0.2) is 0 Å². The largest absolute Gasteiger partial charge is 0.493 e. The minimum absolute atomic E-state index is 0.223. The van der Waals surface area contributed by atoms with Gasteiger partial charge < -0.3 is 10.1 Å². The van der Waals surface area contributed by atoms with E-state index in [0.29, 0.717) is 24.5 Å². The molecular formula is C20H22N4O2. The van der Waals surface area contributed by atoms with E-state index in [2.05, 4.69) is 27.4 Å².